The molecule has 0 saturated carbocycles. The number of carbonyl (C=O) groups is 3. The number of nitrogens with two attached hydrogens (primary N) is 1. The predicted octanol–water partition coefficient (Wildman–Crippen LogP) is 2.06. The molecule has 4 N–H and O–H groups in total. The second kappa shape index (κ2) is 11.0. The van der Waals surface area contributed by atoms with Gasteiger partial charge in [0.2, 0.25) is 0 Å². The van der Waals surface area contributed by atoms with Crippen molar-refractivity contribution in [2.75, 3.05) is 6.61 Å². The van der Waals surface area contributed by atoms with E-state index in [1.807, 2.05) is 0 Å². The molecule has 0 aromatic heterocycles. The van der Waals surface area contributed by atoms with Crippen molar-refractivity contribution in [1.29, 1.82) is 0 Å². The Kier molecular flexibility index (Phi) is 9.09. The van der Waals surface area contributed by atoms with Crippen LogP contribution in [0, 0.1) is 0 Å². The number of amides is 1. The average Bonchev–Trinajstić information content (AvgIpc) is 2.67. The summed E-state index contributed by atoms with van der Waals surface area (Å²) in [6, 6.07) is 11.9. The Morgan fingerprint density at radius 3 is 2.21 bits per heavy atom. The smallest absolute Gasteiger partial charge is 0.341 e. The molecule has 0 aliphatic rings. The van der Waals surface area contributed by atoms with Crippen molar-refractivity contribution >= 4 is 47.9 Å². The van der Waals surface area contributed by atoms with E-state index in [0.29, 0.717) is 16.9 Å². The molecule has 0 spiro atoms. The van der Waals surface area contributed by atoms with Crippen molar-refractivity contribution in [3.8, 4) is 5.75 Å². The lowest BCUT2D eigenvalue weighted by atomic mass is 10.0. The van der Waals surface area contributed by atoms with E-state index in [4.69, 9.17) is 15.7 Å². The number of hydrogen-bond acceptors (Lipinski definition) is 6. The van der Waals surface area contributed by atoms with Gasteiger partial charge in [-0.2, -0.15) is 5.10 Å². The van der Waals surface area contributed by atoms with Crippen molar-refractivity contribution in [2.45, 2.75) is 13.0 Å². The topological polar surface area (TPSA) is 131 Å². The van der Waals surface area contributed by atoms with Crippen molar-refractivity contribution in [3.05, 3.63) is 65.2 Å². The molecule has 2 aromatic rings. The van der Waals surface area contributed by atoms with Crippen molar-refractivity contribution < 1.29 is 24.2 Å². The van der Waals surface area contributed by atoms with Gasteiger partial charge in [0.25, 0.3) is 5.91 Å². The van der Waals surface area contributed by atoms with Crippen LogP contribution in [-0.2, 0) is 4.79 Å². The fourth-order valence-electron chi connectivity index (χ4n) is 2.26. The van der Waals surface area contributed by atoms with E-state index in [2.05, 4.69) is 10.4 Å². The summed E-state index contributed by atoms with van der Waals surface area (Å²) in [5, 5.41) is 14.6. The fraction of sp³-hybridized carbons (Fsp3) is 0.158. The highest BCUT2D eigenvalue weighted by Gasteiger charge is 2.18. The first kappa shape index (κ1) is 23.1. The first-order valence-electron chi connectivity index (χ1n) is 8.03. The number of nitrogens with zero attached hydrogens (tertiary/aromatic N) is 1. The SMILES string of the molecule is C[C@@H](NC(=O)c1ccc(OCC(=O)O)cc1)C(=O)c1ccc(C=NN)cc1.I. The number of carboxylic acids is 1. The van der Waals surface area contributed by atoms with Gasteiger partial charge in [-0.15, -0.1) is 24.0 Å². The third-order valence-corrected chi connectivity index (χ3v) is 3.64. The fourth-order valence-corrected chi connectivity index (χ4v) is 2.26. The Morgan fingerprint density at radius 1 is 1.11 bits per heavy atom. The highest BCUT2D eigenvalue weighted by atomic mass is 127. The van der Waals surface area contributed by atoms with Crippen LogP contribution in [0.5, 0.6) is 5.75 Å². The summed E-state index contributed by atoms with van der Waals surface area (Å²) in [7, 11) is 0. The van der Waals surface area contributed by atoms with Crippen LogP contribution in [0.4, 0.5) is 0 Å². The Balaban J connectivity index is 0.00000392. The van der Waals surface area contributed by atoms with Crippen LogP contribution >= 0.6 is 24.0 Å². The van der Waals surface area contributed by atoms with Gasteiger partial charge in [-0.05, 0) is 36.8 Å². The molecule has 28 heavy (non-hydrogen) atoms. The van der Waals surface area contributed by atoms with Gasteiger partial charge in [0.1, 0.15) is 5.75 Å². The third kappa shape index (κ3) is 6.65. The minimum Gasteiger partial charge on any atom is -0.482 e. The summed E-state index contributed by atoms with van der Waals surface area (Å²) in [5.41, 5.74) is 1.54. The summed E-state index contributed by atoms with van der Waals surface area (Å²) >= 11 is 0. The van der Waals surface area contributed by atoms with Crippen LogP contribution in [0.25, 0.3) is 0 Å². The number of carbonyl (C=O) groups excluding carboxylic acids is 2. The summed E-state index contributed by atoms with van der Waals surface area (Å²) < 4.78 is 5.00. The minimum absolute atomic E-state index is 0. The summed E-state index contributed by atoms with van der Waals surface area (Å²) in [4.78, 5) is 35.2. The summed E-state index contributed by atoms with van der Waals surface area (Å²) in [6.07, 6.45) is 1.46. The number of aliphatic carboxylic acids is 1. The average molecular weight is 497 g/mol. The van der Waals surface area contributed by atoms with Gasteiger partial charge in [-0.25, -0.2) is 4.79 Å². The minimum atomic E-state index is -1.09. The number of ketones is 1. The Labute approximate surface area is 178 Å². The van der Waals surface area contributed by atoms with Gasteiger partial charge >= 0.3 is 5.97 Å². The molecular weight excluding hydrogens is 477 g/mol. The van der Waals surface area contributed by atoms with Gasteiger partial charge < -0.3 is 21.0 Å². The molecule has 0 heterocycles. The zero-order chi connectivity index (χ0) is 19.8. The number of carboxylic acid groups (broad SMARTS) is 1. The van der Waals surface area contributed by atoms with Crippen LogP contribution in [0.2, 0.25) is 0 Å². The second-order valence-corrected chi connectivity index (χ2v) is 5.67. The van der Waals surface area contributed by atoms with Crippen LogP contribution < -0.4 is 15.9 Å². The maximum atomic E-state index is 12.4. The Morgan fingerprint density at radius 2 is 1.68 bits per heavy atom. The van der Waals surface area contributed by atoms with Gasteiger partial charge in [-0.3, -0.25) is 9.59 Å². The molecule has 0 aliphatic carbocycles. The number of Topliss-reactive ketones (excluding diaryl/α,β-unsaturated/α-hetero) is 1. The predicted molar refractivity (Wildman–Crippen MR) is 114 cm³/mol. The molecule has 0 unspecified atom stereocenters. The van der Waals surface area contributed by atoms with Crippen molar-refractivity contribution in [1.82, 2.24) is 5.32 Å². The van der Waals surface area contributed by atoms with Crippen LogP contribution in [-0.4, -0.2) is 41.6 Å². The molecule has 9 heteroatoms. The van der Waals surface area contributed by atoms with Crippen LogP contribution in [0.3, 0.4) is 0 Å². The Hall–Kier alpha value is -2.95. The normalized spacial score (nSPS) is 11.3. The van der Waals surface area contributed by atoms with E-state index < -0.39 is 24.5 Å². The zero-order valence-corrected chi connectivity index (χ0v) is 17.3. The molecule has 0 radical (unpaired) electrons. The highest BCUT2D eigenvalue weighted by Crippen LogP contribution is 2.13. The van der Waals surface area contributed by atoms with E-state index in [9.17, 15) is 14.4 Å². The first-order chi connectivity index (χ1) is 12.9. The largest absolute Gasteiger partial charge is 0.482 e. The number of rotatable bonds is 8. The third-order valence-electron chi connectivity index (χ3n) is 3.64. The van der Waals surface area contributed by atoms with E-state index in [-0.39, 0.29) is 29.8 Å². The van der Waals surface area contributed by atoms with E-state index in [0.717, 1.165) is 5.56 Å². The summed E-state index contributed by atoms with van der Waals surface area (Å²) in [6.45, 7) is 1.13. The standard InChI is InChI=1S/C19H19N3O5.HI/c1-12(18(25)14-4-2-13(3-5-14)10-21-20)22-19(26)15-6-8-16(9-7-15)27-11-17(23)24;/h2-10,12H,11,20H2,1H3,(H,22,26)(H,23,24);1H/t12-;/m1./s1. The number of ether oxygens (including phenoxy) is 1. The summed E-state index contributed by atoms with van der Waals surface area (Å²) in [5.74, 6) is 3.66. The van der Waals surface area contributed by atoms with Crippen molar-refractivity contribution in [2.24, 2.45) is 10.9 Å². The van der Waals surface area contributed by atoms with E-state index >= 15 is 0 Å². The van der Waals surface area contributed by atoms with Gasteiger partial charge in [0.05, 0.1) is 12.3 Å². The molecule has 2 aromatic carbocycles. The van der Waals surface area contributed by atoms with Crippen LogP contribution in [0.15, 0.2) is 53.6 Å². The number of hydrogen-bond donors (Lipinski definition) is 3. The molecule has 1 amide bonds. The lowest BCUT2D eigenvalue weighted by Gasteiger charge is -2.13. The van der Waals surface area contributed by atoms with Crippen LogP contribution in [0.1, 0.15) is 33.2 Å². The Bertz CT molecular complexity index is 851. The van der Waals surface area contributed by atoms with Gasteiger partial charge in [0, 0.05) is 11.1 Å². The second-order valence-electron chi connectivity index (χ2n) is 5.67. The van der Waals surface area contributed by atoms with Gasteiger partial charge in [-0.1, -0.05) is 24.3 Å². The maximum Gasteiger partial charge on any atom is 0.341 e. The molecule has 2 rings (SSSR count). The lowest BCUT2D eigenvalue weighted by molar-refractivity contribution is -0.139. The van der Waals surface area contributed by atoms with Crippen molar-refractivity contribution in [3.63, 3.8) is 0 Å². The molecule has 148 valence electrons. The first-order valence-corrected chi connectivity index (χ1v) is 8.03. The maximum absolute atomic E-state index is 12.4. The molecule has 8 nitrogen and oxygen atoms in total. The number of benzene rings is 2. The monoisotopic (exact) mass is 497 g/mol. The van der Waals surface area contributed by atoms with Gasteiger partial charge in [0.15, 0.2) is 12.4 Å². The number of halogens is 1. The number of nitrogens with one attached hydrogen (secondary N) is 1. The zero-order valence-electron chi connectivity index (χ0n) is 15.0. The molecule has 1 atom stereocenters. The van der Waals surface area contributed by atoms with E-state index in [1.165, 1.54) is 30.5 Å². The highest BCUT2D eigenvalue weighted by molar-refractivity contribution is 14.0. The quantitative estimate of drug-likeness (QED) is 0.168. The molecule has 0 saturated heterocycles. The molecule has 0 bridgehead atoms. The molecule has 0 fully saturated rings. The lowest BCUT2D eigenvalue weighted by Crippen LogP contribution is -2.38. The number of hydrazone groups is 1. The molecular formula is C19H20IN3O5. The van der Waals surface area contributed by atoms with E-state index in [1.54, 1.807) is 31.2 Å². The molecule has 0 aliphatic heterocycles.